The van der Waals surface area contributed by atoms with Crippen LogP contribution in [0.15, 0.2) is 0 Å². The van der Waals surface area contributed by atoms with Crippen LogP contribution in [0.5, 0.6) is 5.75 Å². The number of carbonyl (C=O) groups excluding carboxylic acids is 1. The van der Waals surface area contributed by atoms with Crippen LogP contribution in [0.25, 0.3) is 0 Å². The van der Waals surface area contributed by atoms with Crippen molar-refractivity contribution >= 4 is 5.78 Å². The predicted octanol–water partition coefficient (Wildman–Crippen LogP) is 1.81. The summed E-state index contributed by atoms with van der Waals surface area (Å²) in [7, 11) is 0.791. The van der Waals surface area contributed by atoms with Gasteiger partial charge < -0.3 is 14.9 Å². The molecule has 1 aromatic carbocycles. The summed E-state index contributed by atoms with van der Waals surface area (Å²) in [6.07, 6.45) is -3.87. The van der Waals surface area contributed by atoms with Gasteiger partial charge in [-0.25, -0.2) is 8.78 Å². The molecule has 8 heteroatoms. The van der Waals surface area contributed by atoms with Crippen molar-refractivity contribution < 1.29 is 37.3 Å². The highest BCUT2D eigenvalue weighted by atomic mass is 19.2. The fourth-order valence-corrected chi connectivity index (χ4v) is 1.67. The van der Waals surface area contributed by atoms with E-state index >= 15 is 0 Å². The van der Waals surface area contributed by atoms with Crippen molar-refractivity contribution in [2.24, 2.45) is 5.92 Å². The molecular weight excluding hydrogens is 296 g/mol. The van der Waals surface area contributed by atoms with Gasteiger partial charge >= 0.3 is 0 Å². The fraction of sp³-hybridized carbons (Fsp3) is 0.462. The Bertz CT molecular complexity index is 531. The van der Waals surface area contributed by atoms with Crippen molar-refractivity contribution in [1.29, 1.82) is 0 Å². The summed E-state index contributed by atoms with van der Waals surface area (Å²) < 4.78 is 58.5. The number of methoxy groups -OCH3 is 1. The molecule has 0 spiro atoms. The lowest BCUT2D eigenvalue weighted by atomic mass is 9.94. The standard InChI is InChI=1S/C13H14F4O4/c1-4(2)10(18)12(20)11(19)5-6(14)8(16)13(21-3)9(17)7(5)15/h4,10,12,18,20H,1-3H3/t10-,12+/m1/s1. The van der Waals surface area contributed by atoms with Crippen LogP contribution in [0.4, 0.5) is 17.6 Å². The molecule has 0 radical (unpaired) electrons. The van der Waals surface area contributed by atoms with Gasteiger partial charge in [0.15, 0.2) is 23.2 Å². The Kier molecular flexibility index (Phi) is 5.30. The topological polar surface area (TPSA) is 66.8 Å². The van der Waals surface area contributed by atoms with E-state index in [1.807, 2.05) is 0 Å². The maximum Gasteiger partial charge on any atom is 0.204 e. The first-order chi connectivity index (χ1) is 9.64. The number of ketones is 1. The van der Waals surface area contributed by atoms with E-state index in [2.05, 4.69) is 4.74 Å². The SMILES string of the molecule is COc1c(F)c(F)c(C(=O)[C@@H](O)[C@H](O)C(C)C)c(F)c1F. The van der Waals surface area contributed by atoms with Crippen LogP contribution in [0.1, 0.15) is 24.2 Å². The first-order valence-corrected chi connectivity index (χ1v) is 5.95. The average molecular weight is 310 g/mol. The molecule has 0 saturated heterocycles. The Morgan fingerprint density at radius 2 is 1.43 bits per heavy atom. The molecule has 2 N–H and O–H groups in total. The first kappa shape index (κ1) is 17.4. The molecule has 2 atom stereocenters. The molecule has 0 fully saturated rings. The minimum atomic E-state index is -2.22. The predicted molar refractivity (Wildman–Crippen MR) is 64.0 cm³/mol. The molecule has 0 bridgehead atoms. The number of rotatable bonds is 5. The van der Waals surface area contributed by atoms with Gasteiger partial charge in [0.25, 0.3) is 0 Å². The monoisotopic (exact) mass is 310 g/mol. The first-order valence-electron chi connectivity index (χ1n) is 5.95. The summed E-state index contributed by atoms with van der Waals surface area (Å²) in [6.45, 7) is 2.87. The third-order valence-electron chi connectivity index (χ3n) is 2.95. The van der Waals surface area contributed by atoms with Gasteiger partial charge in [-0.15, -0.1) is 0 Å². The summed E-state index contributed by atoms with van der Waals surface area (Å²) in [4.78, 5) is 11.8. The fourth-order valence-electron chi connectivity index (χ4n) is 1.67. The zero-order chi connectivity index (χ0) is 16.5. The summed E-state index contributed by atoms with van der Waals surface area (Å²) in [5.74, 6) is -11.4. The molecule has 1 rings (SSSR count). The second-order valence-corrected chi connectivity index (χ2v) is 4.71. The second kappa shape index (κ2) is 6.40. The quantitative estimate of drug-likeness (QED) is 0.494. The van der Waals surface area contributed by atoms with Gasteiger partial charge in [-0.2, -0.15) is 8.78 Å². The largest absolute Gasteiger partial charge is 0.491 e. The van der Waals surface area contributed by atoms with Gasteiger partial charge in [0.2, 0.25) is 11.6 Å². The minimum Gasteiger partial charge on any atom is -0.491 e. The third kappa shape index (κ3) is 3.01. The van der Waals surface area contributed by atoms with Crippen LogP contribution in [0, 0.1) is 29.2 Å². The minimum absolute atomic E-state index is 0.622. The Labute approximate surface area is 118 Å². The second-order valence-electron chi connectivity index (χ2n) is 4.71. The molecular formula is C13H14F4O4. The molecule has 0 amide bonds. The lowest BCUT2D eigenvalue weighted by Gasteiger charge is -2.20. The van der Waals surface area contributed by atoms with E-state index in [-0.39, 0.29) is 0 Å². The third-order valence-corrected chi connectivity index (χ3v) is 2.95. The van der Waals surface area contributed by atoms with Crippen molar-refractivity contribution in [1.82, 2.24) is 0 Å². The van der Waals surface area contributed by atoms with Gasteiger partial charge in [0, 0.05) is 0 Å². The molecule has 0 aromatic heterocycles. The zero-order valence-corrected chi connectivity index (χ0v) is 11.5. The smallest absolute Gasteiger partial charge is 0.204 e. The Morgan fingerprint density at radius 1 is 1.00 bits per heavy atom. The van der Waals surface area contributed by atoms with E-state index < -0.39 is 58.5 Å². The molecule has 0 heterocycles. The molecule has 0 aliphatic heterocycles. The van der Waals surface area contributed by atoms with Gasteiger partial charge in [-0.1, -0.05) is 13.8 Å². The van der Waals surface area contributed by atoms with Gasteiger partial charge in [0.1, 0.15) is 6.10 Å². The molecule has 4 nitrogen and oxygen atoms in total. The zero-order valence-electron chi connectivity index (χ0n) is 11.5. The lowest BCUT2D eigenvalue weighted by molar-refractivity contribution is 0.0000607. The number of aliphatic hydroxyl groups excluding tert-OH is 2. The number of hydrogen-bond donors (Lipinski definition) is 2. The van der Waals surface area contributed by atoms with Crippen molar-refractivity contribution in [2.75, 3.05) is 7.11 Å². The number of ether oxygens (including phenoxy) is 1. The van der Waals surface area contributed by atoms with Crippen LogP contribution < -0.4 is 4.74 Å². The summed E-state index contributed by atoms with van der Waals surface area (Å²) >= 11 is 0. The number of halogens is 4. The average Bonchev–Trinajstić information content (AvgIpc) is 2.44. The van der Waals surface area contributed by atoms with E-state index in [1.54, 1.807) is 0 Å². The Balaban J connectivity index is 3.41. The highest BCUT2D eigenvalue weighted by Gasteiger charge is 2.36. The normalized spacial score (nSPS) is 14.2. The molecule has 0 aliphatic rings. The highest BCUT2D eigenvalue weighted by molar-refractivity contribution is 6.00. The number of benzene rings is 1. The number of hydrogen-bond acceptors (Lipinski definition) is 4. The van der Waals surface area contributed by atoms with Gasteiger partial charge in [-0.05, 0) is 5.92 Å². The summed E-state index contributed by atoms with van der Waals surface area (Å²) in [6, 6.07) is 0. The molecule has 21 heavy (non-hydrogen) atoms. The Hall–Kier alpha value is -1.67. The Morgan fingerprint density at radius 3 is 1.76 bits per heavy atom. The number of aliphatic hydroxyl groups is 2. The maximum atomic E-state index is 13.7. The highest BCUT2D eigenvalue weighted by Crippen LogP contribution is 2.30. The molecule has 118 valence electrons. The van der Waals surface area contributed by atoms with E-state index in [0.717, 1.165) is 7.11 Å². The van der Waals surface area contributed by atoms with Gasteiger partial charge in [0.05, 0.1) is 18.8 Å². The van der Waals surface area contributed by atoms with Crippen LogP contribution >= 0.6 is 0 Å². The molecule has 0 aliphatic carbocycles. The summed E-state index contributed by atoms with van der Waals surface area (Å²) in [5, 5.41) is 19.1. The van der Waals surface area contributed by atoms with E-state index in [4.69, 9.17) is 0 Å². The van der Waals surface area contributed by atoms with Crippen LogP contribution in [0.3, 0.4) is 0 Å². The van der Waals surface area contributed by atoms with E-state index in [9.17, 15) is 32.6 Å². The van der Waals surface area contributed by atoms with Crippen molar-refractivity contribution in [3.05, 3.63) is 28.8 Å². The molecule has 0 unspecified atom stereocenters. The van der Waals surface area contributed by atoms with E-state index in [1.165, 1.54) is 13.8 Å². The van der Waals surface area contributed by atoms with Crippen molar-refractivity contribution in [3.63, 3.8) is 0 Å². The van der Waals surface area contributed by atoms with Crippen LogP contribution in [0.2, 0.25) is 0 Å². The van der Waals surface area contributed by atoms with Crippen LogP contribution in [-0.2, 0) is 0 Å². The van der Waals surface area contributed by atoms with Crippen molar-refractivity contribution in [2.45, 2.75) is 26.1 Å². The number of carbonyl (C=O) groups is 1. The summed E-state index contributed by atoms with van der Waals surface area (Å²) in [5.41, 5.74) is -1.60. The van der Waals surface area contributed by atoms with Gasteiger partial charge in [-0.3, -0.25) is 4.79 Å². The van der Waals surface area contributed by atoms with E-state index in [0.29, 0.717) is 0 Å². The van der Waals surface area contributed by atoms with Crippen molar-refractivity contribution in [3.8, 4) is 5.75 Å². The molecule has 0 saturated carbocycles. The van der Waals surface area contributed by atoms with Crippen LogP contribution in [-0.4, -0.2) is 35.3 Å². The lowest BCUT2D eigenvalue weighted by Crippen LogP contribution is -2.38. The maximum absolute atomic E-state index is 13.7. The number of Topliss-reactive ketones (excluding diaryl/α,β-unsaturated/α-hetero) is 1. The molecule has 1 aromatic rings.